The van der Waals surface area contributed by atoms with Gasteiger partial charge >= 0.3 is 0 Å². The number of hydrogen-bond donors (Lipinski definition) is 1. The summed E-state index contributed by atoms with van der Waals surface area (Å²) in [6.07, 6.45) is 1.47. The standard InChI is InChI=1S/C26H19NO5/c1-31-20-9-4-8-19(15-20)27-23(21-10-5-13-32-21)22(25(29)26(27)30)24(28)18-12-11-16-6-2-3-7-17(16)14-18/h2-15,23,28H,1H3/b24-22-. The number of aliphatic hydroxyl groups is 1. The van der Waals surface area contributed by atoms with Crippen LogP contribution >= 0.6 is 0 Å². The molecule has 0 bridgehead atoms. The highest BCUT2D eigenvalue weighted by molar-refractivity contribution is 6.51. The average molecular weight is 425 g/mol. The highest BCUT2D eigenvalue weighted by Gasteiger charge is 2.48. The molecule has 1 fully saturated rings. The van der Waals surface area contributed by atoms with Gasteiger partial charge in [-0.25, -0.2) is 0 Å². The van der Waals surface area contributed by atoms with Crippen LogP contribution in [-0.4, -0.2) is 23.9 Å². The molecular weight excluding hydrogens is 406 g/mol. The molecule has 1 aliphatic rings. The summed E-state index contributed by atoms with van der Waals surface area (Å²) in [4.78, 5) is 27.6. The third-order valence-electron chi connectivity index (χ3n) is 5.61. The minimum absolute atomic E-state index is 0.0250. The maximum absolute atomic E-state index is 13.1. The Kier molecular flexibility index (Phi) is 4.75. The third-order valence-corrected chi connectivity index (χ3v) is 5.61. The Balaban J connectivity index is 1.70. The van der Waals surface area contributed by atoms with Crippen molar-refractivity contribution < 1.29 is 23.8 Å². The van der Waals surface area contributed by atoms with Gasteiger partial charge in [-0.1, -0.05) is 42.5 Å². The summed E-state index contributed by atoms with van der Waals surface area (Å²) in [6, 6.07) is 22.4. The summed E-state index contributed by atoms with van der Waals surface area (Å²) in [5.74, 6) is -0.866. The fourth-order valence-electron chi connectivity index (χ4n) is 4.07. The average Bonchev–Trinajstić information content (AvgIpc) is 3.45. The lowest BCUT2D eigenvalue weighted by atomic mass is 9.97. The molecule has 1 aromatic heterocycles. The topological polar surface area (TPSA) is 80.0 Å². The Hall–Kier alpha value is -4.32. The number of Topliss-reactive ketones (excluding diaryl/α,β-unsaturated/α-hetero) is 1. The molecule has 0 aliphatic carbocycles. The van der Waals surface area contributed by atoms with Gasteiger partial charge in [0.25, 0.3) is 11.7 Å². The molecule has 4 aromatic rings. The lowest BCUT2D eigenvalue weighted by molar-refractivity contribution is -0.132. The van der Waals surface area contributed by atoms with Crippen LogP contribution in [0.1, 0.15) is 17.4 Å². The molecule has 0 saturated carbocycles. The van der Waals surface area contributed by atoms with Gasteiger partial charge in [0.2, 0.25) is 0 Å². The minimum atomic E-state index is -0.913. The number of rotatable bonds is 4. The van der Waals surface area contributed by atoms with E-state index >= 15 is 0 Å². The number of furan rings is 1. The van der Waals surface area contributed by atoms with Crippen LogP contribution in [0.5, 0.6) is 5.75 Å². The first-order valence-corrected chi connectivity index (χ1v) is 10.1. The number of fused-ring (bicyclic) bond motifs is 1. The molecule has 158 valence electrons. The van der Waals surface area contributed by atoms with Gasteiger partial charge in [0.05, 0.1) is 18.9 Å². The van der Waals surface area contributed by atoms with Gasteiger partial charge in [-0.15, -0.1) is 0 Å². The third kappa shape index (κ3) is 3.13. The van der Waals surface area contributed by atoms with Crippen LogP contribution in [0.2, 0.25) is 0 Å². The first kappa shape index (κ1) is 19.6. The zero-order chi connectivity index (χ0) is 22.2. The van der Waals surface area contributed by atoms with E-state index in [4.69, 9.17) is 9.15 Å². The van der Waals surface area contributed by atoms with E-state index < -0.39 is 17.7 Å². The van der Waals surface area contributed by atoms with Crippen molar-refractivity contribution in [1.29, 1.82) is 0 Å². The Morgan fingerprint density at radius 2 is 1.75 bits per heavy atom. The van der Waals surface area contributed by atoms with E-state index in [9.17, 15) is 14.7 Å². The van der Waals surface area contributed by atoms with Crippen molar-refractivity contribution in [1.82, 2.24) is 0 Å². The van der Waals surface area contributed by atoms with Gasteiger partial charge < -0.3 is 14.3 Å². The van der Waals surface area contributed by atoms with Gasteiger partial charge in [-0.05, 0) is 41.1 Å². The Morgan fingerprint density at radius 3 is 2.50 bits per heavy atom. The zero-order valence-electron chi connectivity index (χ0n) is 17.2. The fourth-order valence-corrected chi connectivity index (χ4v) is 4.07. The number of benzene rings is 3. The van der Waals surface area contributed by atoms with Gasteiger partial charge in [0.15, 0.2) is 0 Å². The molecule has 3 aromatic carbocycles. The molecule has 1 atom stereocenters. The summed E-state index contributed by atoms with van der Waals surface area (Å²) >= 11 is 0. The lowest BCUT2D eigenvalue weighted by Crippen LogP contribution is -2.29. The van der Waals surface area contributed by atoms with Crippen molar-refractivity contribution >= 4 is 33.9 Å². The van der Waals surface area contributed by atoms with Crippen LogP contribution in [0.25, 0.3) is 16.5 Å². The van der Waals surface area contributed by atoms with E-state index in [1.165, 1.54) is 18.3 Å². The number of amides is 1. The largest absolute Gasteiger partial charge is 0.507 e. The monoisotopic (exact) mass is 425 g/mol. The number of aliphatic hydroxyl groups excluding tert-OH is 1. The number of ketones is 1. The molecule has 0 radical (unpaired) electrons. The van der Waals surface area contributed by atoms with Crippen molar-refractivity contribution in [3.63, 3.8) is 0 Å². The smallest absolute Gasteiger partial charge is 0.300 e. The molecule has 1 saturated heterocycles. The van der Waals surface area contributed by atoms with Crippen LogP contribution < -0.4 is 9.64 Å². The van der Waals surface area contributed by atoms with Gasteiger partial charge in [0, 0.05) is 17.3 Å². The van der Waals surface area contributed by atoms with Crippen molar-refractivity contribution in [3.05, 3.63) is 102 Å². The highest BCUT2D eigenvalue weighted by atomic mass is 16.5. The second-order valence-corrected chi connectivity index (χ2v) is 7.45. The molecule has 2 heterocycles. The van der Waals surface area contributed by atoms with Crippen LogP contribution in [0.15, 0.2) is 95.1 Å². The van der Waals surface area contributed by atoms with Crippen molar-refractivity contribution in [2.45, 2.75) is 6.04 Å². The summed E-state index contributed by atoms with van der Waals surface area (Å²) in [5, 5.41) is 13.1. The molecule has 1 N–H and O–H groups in total. The van der Waals surface area contributed by atoms with Gasteiger partial charge in [-0.2, -0.15) is 0 Å². The maximum Gasteiger partial charge on any atom is 0.300 e. The number of carbonyl (C=O) groups excluding carboxylic acids is 2. The Morgan fingerprint density at radius 1 is 0.938 bits per heavy atom. The molecule has 1 aliphatic heterocycles. The van der Waals surface area contributed by atoms with E-state index in [1.54, 1.807) is 48.5 Å². The molecule has 1 unspecified atom stereocenters. The number of hydrogen-bond acceptors (Lipinski definition) is 5. The number of nitrogens with zero attached hydrogens (tertiary/aromatic N) is 1. The summed E-state index contributed by atoms with van der Waals surface area (Å²) < 4.78 is 10.9. The lowest BCUT2D eigenvalue weighted by Gasteiger charge is -2.23. The summed E-state index contributed by atoms with van der Waals surface area (Å²) in [7, 11) is 1.52. The van der Waals surface area contributed by atoms with Crippen LogP contribution in [-0.2, 0) is 9.59 Å². The van der Waals surface area contributed by atoms with Crippen LogP contribution in [0.3, 0.4) is 0 Å². The predicted molar refractivity (Wildman–Crippen MR) is 120 cm³/mol. The van der Waals surface area contributed by atoms with E-state index in [1.807, 2.05) is 30.3 Å². The first-order chi connectivity index (χ1) is 15.6. The van der Waals surface area contributed by atoms with Crippen molar-refractivity contribution in [3.8, 4) is 5.75 Å². The molecule has 6 nitrogen and oxygen atoms in total. The van der Waals surface area contributed by atoms with E-state index in [0.29, 0.717) is 22.8 Å². The minimum Gasteiger partial charge on any atom is -0.507 e. The van der Waals surface area contributed by atoms with E-state index in [2.05, 4.69) is 0 Å². The van der Waals surface area contributed by atoms with Gasteiger partial charge in [0.1, 0.15) is 23.3 Å². The number of carbonyl (C=O) groups is 2. The van der Waals surface area contributed by atoms with Crippen LogP contribution in [0, 0.1) is 0 Å². The fraction of sp³-hybridized carbons (Fsp3) is 0.0769. The van der Waals surface area contributed by atoms with E-state index in [-0.39, 0.29) is 11.3 Å². The normalized spacial score (nSPS) is 17.8. The highest BCUT2D eigenvalue weighted by Crippen LogP contribution is 2.43. The van der Waals surface area contributed by atoms with Crippen LogP contribution in [0.4, 0.5) is 5.69 Å². The second-order valence-electron chi connectivity index (χ2n) is 7.45. The van der Waals surface area contributed by atoms with E-state index in [0.717, 1.165) is 10.8 Å². The SMILES string of the molecule is COc1cccc(N2C(=O)C(=O)/C(=C(\O)c3ccc4ccccc4c3)C2c2ccco2)c1. The molecule has 0 spiro atoms. The summed E-state index contributed by atoms with van der Waals surface area (Å²) in [5.41, 5.74) is 0.886. The number of methoxy groups -OCH3 is 1. The molecule has 5 rings (SSSR count). The predicted octanol–water partition coefficient (Wildman–Crippen LogP) is 5.07. The maximum atomic E-state index is 13.1. The Labute approximate surface area is 184 Å². The first-order valence-electron chi connectivity index (χ1n) is 10.1. The zero-order valence-corrected chi connectivity index (χ0v) is 17.2. The molecule has 1 amide bonds. The molecular formula is C26H19NO5. The Bertz CT molecular complexity index is 1370. The van der Waals surface area contributed by atoms with Gasteiger partial charge in [-0.3, -0.25) is 14.5 Å². The van der Waals surface area contributed by atoms with Crippen molar-refractivity contribution in [2.24, 2.45) is 0 Å². The quantitative estimate of drug-likeness (QED) is 0.281. The number of anilines is 1. The summed E-state index contributed by atoms with van der Waals surface area (Å²) in [6.45, 7) is 0. The van der Waals surface area contributed by atoms with Crippen molar-refractivity contribution in [2.75, 3.05) is 12.0 Å². The second kappa shape index (κ2) is 7.74. The number of ether oxygens (including phenoxy) is 1. The molecule has 32 heavy (non-hydrogen) atoms. The molecule has 6 heteroatoms.